The molecule has 2 nitrogen and oxygen atoms in total. The lowest BCUT2D eigenvalue weighted by molar-refractivity contribution is 0.820. The van der Waals surface area contributed by atoms with Crippen LogP contribution in [0.25, 0.3) is 10.9 Å². The molecule has 2 aromatic rings. The Morgan fingerprint density at radius 2 is 2.19 bits per heavy atom. The second-order valence-corrected chi connectivity index (χ2v) is 5.10. The minimum absolute atomic E-state index is 0.0553. The van der Waals surface area contributed by atoms with E-state index in [2.05, 4.69) is 23.2 Å². The second kappa shape index (κ2) is 3.51. The van der Waals surface area contributed by atoms with Crippen molar-refractivity contribution in [1.82, 2.24) is 4.98 Å². The van der Waals surface area contributed by atoms with Gasteiger partial charge in [-0.25, -0.2) is 0 Å². The van der Waals surface area contributed by atoms with E-state index in [9.17, 15) is 0 Å². The molecule has 0 amide bonds. The molecule has 1 atom stereocenters. The molecule has 1 unspecified atom stereocenters. The van der Waals surface area contributed by atoms with Crippen LogP contribution in [0.1, 0.15) is 43.0 Å². The van der Waals surface area contributed by atoms with Gasteiger partial charge >= 0.3 is 0 Å². The number of benzene rings is 1. The Labute approximate surface area is 99.8 Å². The van der Waals surface area contributed by atoms with E-state index in [1.54, 1.807) is 0 Å². The van der Waals surface area contributed by atoms with Crippen molar-refractivity contribution in [1.29, 1.82) is 0 Å². The Kier molecular flexibility index (Phi) is 2.23. The minimum Gasteiger partial charge on any atom is -0.357 e. The topological polar surface area (TPSA) is 41.8 Å². The lowest BCUT2D eigenvalue weighted by atomic mass is 10.1. The van der Waals surface area contributed by atoms with Crippen molar-refractivity contribution < 1.29 is 0 Å². The lowest BCUT2D eigenvalue weighted by Gasteiger charge is -2.04. The van der Waals surface area contributed by atoms with E-state index in [0.29, 0.717) is 5.92 Å². The normalized spacial score (nSPS) is 17.9. The van der Waals surface area contributed by atoms with E-state index in [1.165, 1.54) is 18.5 Å². The molecule has 16 heavy (non-hydrogen) atoms. The van der Waals surface area contributed by atoms with Gasteiger partial charge in [-0.3, -0.25) is 0 Å². The van der Waals surface area contributed by atoms with Gasteiger partial charge in [-0.1, -0.05) is 17.7 Å². The molecule has 1 fully saturated rings. The SMILES string of the molecule is CC(N)c1ccc2[nH]c(C3CC3)c(Cl)c2c1. The molecule has 0 radical (unpaired) electrons. The van der Waals surface area contributed by atoms with Crippen LogP contribution in [0.5, 0.6) is 0 Å². The number of hydrogen-bond acceptors (Lipinski definition) is 1. The fourth-order valence-electron chi connectivity index (χ4n) is 2.13. The average Bonchev–Trinajstić information content (AvgIpc) is 3.04. The average molecular weight is 235 g/mol. The Hall–Kier alpha value is -0.990. The van der Waals surface area contributed by atoms with E-state index in [4.69, 9.17) is 17.3 Å². The standard InChI is InChI=1S/C13H15ClN2/c1-7(15)9-4-5-11-10(6-9)12(14)13(16-11)8-2-3-8/h4-8,16H,2-3,15H2,1H3. The lowest BCUT2D eigenvalue weighted by Crippen LogP contribution is -2.04. The molecule has 3 rings (SSSR count). The highest BCUT2D eigenvalue weighted by Gasteiger charge is 2.28. The molecule has 1 aliphatic rings. The summed E-state index contributed by atoms with van der Waals surface area (Å²) in [6, 6.07) is 6.30. The highest BCUT2D eigenvalue weighted by Crippen LogP contribution is 2.45. The first kappa shape index (κ1) is 10.2. The number of nitrogens with one attached hydrogen (secondary N) is 1. The van der Waals surface area contributed by atoms with Crippen LogP contribution >= 0.6 is 11.6 Å². The number of halogens is 1. The van der Waals surface area contributed by atoms with Gasteiger partial charge in [0.2, 0.25) is 0 Å². The van der Waals surface area contributed by atoms with Crippen molar-refractivity contribution >= 4 is 22.5 Å². The maximum absolute atomic E-state index is 6.40. The molecule has 0 spiro atoms. The van der Waals surface area contributed by atoms with Gasteiger partial charge in [0, 0.05) is 28.6 Å². The van der Waals surface area contributed by atoms with Crippen LogP contribution < -0.4 is 5.73 Å². The first-order valence-corrected chi connectivity index (χ1v) is 6.11. The zero-order chi connectivity index (χ0) is 11.3. The number of H-pyrrole nitrogens is 1. The van der Waals surface area contributed by atoms with Gasteiger partial charge in [0.15, 0.2) is 0 Å². The smallest absolute Gasteiger partial charge is 0.0694 e. The van der Waals surface area contributed by atoms with Gasteiger partial charge in [-0.15, -0.1) is 0 Å². The molecule has 1 aliphatic carbocycles. The van der Waals surface area contributed by atoms with Gasteiger partial charge in [0.1, 0.15) is 0 Å². The van der Waals surface area contributed by atoms with Gasteiger partial charge in [0.05, 0.1) is 5.02 Å². The zero-order valence-electron chi connectivity index (χ0n) is 9.26. The summed E-state index contributed by atoms with van der Waals surface area (Å²) in [5.74, 6) is 0.652. The Balaban J connectivity index is 2.18. The maximum atomic E-state index is 6.40. The van der Waals surface area contributed by atoms with Crippen molar-refractivity contribution in [2.45, 2.75) is 31.7 Å². The summed E-state index contributed by atoms with van der Waals surface area (Å²) < 4.78 is 0. The van der Waals surface area contributed by atoms with E-state index < -0.39 is 0 Å². The number of rotatable bonds is 2. The van der Waals surface area contributed by atoms with Crippen LogP contribution in [-0.4, -0.2) is 4.98 Å². The van der Waals surface area contributed by atoms with Crippen LogP contribution in [0, 0.1) is 0 Å². The summed E-state index contributed by atoms with van der Waals surface area (Å²) in [7, 11) is 0. The monoisotopic (exact) mass is 234 g/mol. The van der Waals surface area contributed by atoms with Crippen molar-refractivity contribution in [2.24, 2.45) is 5.73 Å². The molecule has 0 aliphatic heterocycles. The highest BCUT2D eigenvalue weighted by atomic mass is 35.5. The first-order valence-electron chi connectivity index (χ1n) is 5.73. The van der Waals surface area contributed by atoms with Crippen LogP contribution in [0.4, 0.5) is 0 Å². The fraction of sp³-hybridized carbons (Fsp3) is 0.385. The molecule has 1 heterocycles. The Morgan fingerprint density at radius 3 is 2.81 bits per heavy atom. The van der Waals surface area contributed by atoms with E-state index in [-0.39, 0.29) is 6.04 Å². The molecule has 84 valence electrons. The third-order valence-corrected chi connectivity index (χ3v) is 3.70. The van der Waals surface area contributed by atoms with E-state index in [1.807, 2.05) is 6.92 Å². The summed E-state index contributed by atoms with van der Waals surface area (Å²) in [6.07, 6.45) is 2.51. The second-order valence-electron chi connectivity index (χ2n) is 4.72. The molecular formula is C13H15ClN2. The van der Waals surface area contributed by atoms with Crippen LogP contribution in [0.2, 0.25) is 5.02 Å². The predicted molar refractivity (Wildman–Crippen MR) is 67.9 cm³/mol. The van der Waals surface area contributed by atoms with Crippen molar-refractivity contribution in [3.05, 3.63) is 34.5 Å². The fourth-order valence-corrected chi connectivity index (χ4v) is 2.49. The van der Waals surface area contributed by atoms with Crippen molar-refractivity contribution in [2.75, 3.05) is 0 Å². The maximum Gasteiger partial charge on any atom is 0.0694 e. The number of aromatic nitrogens is 1. The van der Waals surface area contributed by atoms with Crippen LogP contribution in [0.3, 0.4) is 0 Å². The third kappa shape index (κ3) is 1.53. The largest absolute Gasteiger partial charge is 0.357 e. The molecule has 3 N–H and O–H groups in total. The molecule has 1 aromatic carbocycles. The van der Waals surface area contributed by atoms with Crippen molar-refractivity contribution in [3.63, 3.8) is 0 Å². The number of hydrogen-bond donors (Lipinski definition) is 2. The van der Waals surface area contributed by atoms with Gasteiger partial charge in [-0.2, -0.15) is 0 Å². The number of fused-ring (bicyclic) bond motifs is 1. The summed E-state index contributed by atoms with van der Waals surface area (Å²) in [6.45, 7) is 1.99. The van der Waals surface area contributed by atoms with Crippen molar-refractivity contribution in [3.8, 4) is 0 Å². The molecular weight excluding hydrogens is 220 g/mol. The van der Waals surface area contributed by atoms with Gasteiger partial charge < -0.3 is 10.7 Å². The minimum atomic E-state index is 0.0553. The predicted octanol–water partition coefficient (Wildman–Crippen LogP) is 3.72. The molecule has 1 saturated carbocycles. The summed E-state index contributed by atoms with van der Waals surface area (Å²) in [4.78, 5) is 3.42. The molecule has 0 bridgehead atoms. The van der Waals surface area contributed by atoms with Crippen LogP contribution in [-0.2, 0) is 0 Å². The molecule has 3 heteroatoms. The highest BCUT2D eigenvalue weighted by molar-refractivity contribution is 6.36. The summed E-state index contributed by atoms with van der Waals surface area (Å²) >= 11 is 6.40. The zero-order valence-corrected chi connectivity index (χ0v) is 10.0. The Morgan fingerprint density at radius 1 is 1.44 bits per heavy atom. The van der Waals surface area contributed by atoms with Gasteiger partial charge in [-0.05, 0) is 37.5 Å². The third-order valence-electron chi connectivity index (χ3n) is 3.30. The van der Waals surface area contributed by atoms with E-state index >= 15 is 0 Å². The summed E-state index contributed by atoms with van der Waals surface area (Å²) in [5.41, 5.74) is 9.34. The number of nitrogens with two attached hydrogens (primary N) is 1. The quantitative estimate of drug-likeness (QED) is 0.817. The Bertz CT molecular complexity index is 538. The van der Waals surface area contributed by atoms with Gasteiger partial charge in [0.25, 0.3) is 0 Å². The first-order chi connectivity index (χ1) is 7.66. The molecule has 0 saturated heterocycles. The van der Waals surface area contributed by atoms with E-state index in [0.717, 1.165) is 21.5 Å². The van der Waals surface area contributed by atoms with Crippen LogP contribution in [0.15, 0.2) is 18.2 Å². The summed E-state index contributed by atoms with van der Waals surface area (Å²) in [5, 5.41) is 2.00. The number of aromatic amines is 1. The molecule has 1 aromatic heterocycles.